The van der Waals surface area contributed by atoms with Crippen LogP contribution in [0.1, 0.15) is 49.7 Å². The van der Waals surface area contributed by atoms with E-state index in [4.69, 9.17) is 4.74 Å². The van der Waals surface area contributed by atoms with Gasteiger partial charge in [-0.15, -0.1) is 0 Å². The fraction of sp³-hybridized carbons (Fsp3) is 0.611. The molecular formula is C18H25F3N2O2. The van der Waals surface area contributed by atoms with Gasteiger partial charge in [-0.1, -0.05) is 25.5 Å². The number of piperidine rings is 1. The van der Waals surface area contributed by atoms with Gasteiger partial charge in [0.2, 0.25) is 0 Å². The highest BCUT2D eigenvalue weighted by atomic mass is 19.4. The van der Waals surface area contributed by atoms with E-state index in [0.29, 0.717) is 18.1 Å². The van der Waals surface area contributed by atoms with Crippen molar-refractivity contribution in [3.05, 3.63) is 29.3 Å². The molecule has 1 aromatic carbocycles. The highest BCUT2D eigenvalue weighted by Crippen LogP contribution is 2.33. The van der Waals surface area contributed by atoms with E-state index < -0.39 is 12.1 Å². The summed E-state index contributed by atoms with van der Waals surface area (Å²) < 4.78 is 42.8. The summed E-state index contributed by atoms with van der Waals surface area (Å²) in [5.74, 6) is -0.804. The number of alkyl halides is 3. The molecule has 1 amide bonds. The Morgan fingerprint density at radius 1 is 1.32 bits per heavy atom. The lowest BCUT2D eigenvalue weighted by atomic mass is 9.88. The van der Waals surface area contributed by atoms with Crippen LogP contribution < -0.4 is 15.4 Å². The van der Waals surface area contributed by atoms with Crippen LogP contribution in [0.3, 0.4) is 0 Å². The fourth-order valence-electron chi connectivity index (χ4n) is 2.90. The number of unbranched alkanes of at least 4 members (excludes halogenated alkanes) is 1. The van der Waals surface area contributed by atoms with Gasteiger partial charge in [-0.25, -0.2) is 0 Å². The first-order valence-corrected chi connectivity index (χ1v) is 8.73. The summed E-state index contributed by atoms with van der Waals surface area (Å²) in [6.07, 6.45) is -0.953. The van der Waals surface area contributed by atoms with E-state index in [0.717, 1.165) is 50.1 Å². The number of carbonyl (C=O) groups excluding carboxylic acids is 1. The van der Waals surface area contributed by atoms with Gasteiger partial charge in [0.15, 0.2) is 0 Å². The molecule has 0 bridgehead atoms. The first-order valence-electron chi connectivity index (χ1n) is 8.73. The van der Waals surface area contributed by atoms with Gasteiger partial charge < -0.3 is 15.4 Å². The SMILES string of the molecule is CCCCOc1ccc(CNC(=O)C(F)(F)F)cc1C1CCNCC1. The Balaban J connectivity index is 2.12. The third-order valence-corrected chi connectivity index (χ3v) is 4.32. The minimum absolute atomic E-state index is 0.147. The van der Waals surface area contributed by atoms with Gasteiger partial charge in [-0.05, 0) is 55.5 Å². The summed E-state index contributed by atoms with van der Waals surface area (Å²) in [6, 6.07) is 5.39. The van der Waals surface area contributed by atoms with Crippen molar-refractivity contribution in [1.29, 1.82) is 0 Å². The molecule has 7 heteroatoms. The number of benzene rings is 1. The molecule has 4 nitrogen and oxygen atoms in total. The molecule has 0 saturated carbocycles. The average Bonchev–Trinajstić information content (AvgIpc) is 2.60. The van der Waals surface area contributed by atoms with Crippen molar-refractivity contribution in [2.75, 3.05) is 19.7 Å². The Bertz CT molecular complexity index is 570. The first kappa shape index (κ1) is 19.6. The molecule has 2 N–H and O–H groups in total. The lowest BCUT2D eigenvalue weighted by Crippen LogP contribution is -2.36. The molecule has 0 radical (unpaired) electrons. The maximum atomic E-state index is 12.3. The molecule has 0 spiro atoms. The quantitative estimate of drug-likeness (QED) is 0.734. The summed E-state index contributed by atoms with van der Waals surface area (Å²) in [6.45, 7) is 4.38. The molecule has 1 heterocycles. The van der Waals surface area contributed by atoms with E-state index in [1.165, 1.54) is 0 Å². The Kier molecular flexibility index (Phi) is 7.11. The maximum Gasteiger partial charge on any atom is 0.471 e. The topological polar surface area (TPSA) is 50.4 Å². The molecule has 1 fully saturated rings. The molecule has 0 unspecified atom stereocenters. The van der Waals surface area contributed by atoms with Crippen LogP contribution in [0.15, 0.2) is 18.2 Å². The van der Waals surface area contributed by atoms with Crippen LogP contribution in [0.25, 0.3) is 0 Å². The highest BCUT2D eigenvalue weighted by molar-refractivity contribution is 5.81. The molecule has 0 atom stereocenters. The number of carbonyl (C=O) groups is 1. The smallest absolute Gasteiger partial charge is 0.471 e. The van der Waals surface area contributed by atoms with Crippen LogP contribution in [-0.2, 0) is 11.3 Å². The summed E-state index contributed by atoms with van der Waals surface area (Å²) in [4.78, 5) is 11.0. The van der Waals surface area contributed by atoms with Gasteiger partial charge >= 0.3 is 12.1 Å². The Labute approximate surface area is 146 Å². The van der Waals surface area contributed by atoms with Crippen LogP contribution in [0, 0.1) is 0 Å². The predicted octanol–water partition coefficient (Wildman–Crippen LogP) is 3.51. The monoisotopic (exact) mass is 358 g/mol. The molecule has 0 aromatic heterocycles. The number of nitrogens with one attached hydrogen (secondary N) is 2. The predicted molar refractivity (Wildman–Crippen MR) is 89.6 cm³/mol. The zero-order chi connectivity index (χ0) is 18.3. The van der Waals surface area contributed by atoms with Gasteiger partial charge in [-0.2, -0.15) is 13.2 Å². The second kappa shape index (κ2) is 9.08. The van der Waals surface area contributed by atoms with Gasteiger partial charge in [-0.3, -0.25) is 4.79 Å². The maximum absolute atomic E-state index is 12.3. The van der Waals surface area contributed by atoms with Gasteiger partial charge in [0, 0.05) is 6.54 Å². The zero-order valence-corrected chi connectivity index (χ0v) is 14.4. The van der Waals surface area contributed by atoms with E-state index in [1.807, 2.05) is 17.4 Å². The molecule has 0 aliphatic carbocycles. The van der Waals surface area contributed by atoms with Crippen LogP contribution in [0.2, 0.25) is 0 Å². The largest absolute Gasteiger partial charge is 0.493 e. The summed E-state index contributed by atoms with van der Waals surface area (Å²) in [5, 5.41) is 5.23. The van der Waals surface area contributed by atoms with Gasteiger partial charge in [0.05, 0.1) is 6.61 Å². The zero-order valence-electron chi connectivity index (χ0n) is 14.4. The minimum atomic E-state index is -4.86. The van der Waals surface area contributed by atoms with E-state index in [2.05, 4.69) is 12.2 Å². The van der Waals surface area contributed by atoms with Crippen LogP contribution >= 0.6 is 0 Å². The molecule has 25 heavy (non-hydrogen) atoms. The van der Waals surface area contributed by atoms with Crippen molar-refractivity contribution in [3.8, 4) is 5.75 Å². The first-order chi connectivity index (χ1) is 11.9. The molecule has 1 aromatic rings. The normalized spacial score (nSPS) is 15.8. The van der Waals surface area contributed by atoms with Crippen LogP contribution in [-0.4, -0.2) is 31.8 Å². The number of hydrogen-bond donors (Lipinski definition) is 2. The third kappa shape index (κ3) is 5.92. The number of rotatable bonds is 7. The lowest BCUT2D eigenvalue weighted by molar-refractivity contribution is -0.173. The lowest BCUT2D eigenvalue weighted by Gasteiger charge is -2.25. The van der Waals surface area contributed by atoms with E-state index >= 15 is 0 Å². The molecular weight excluding hydrogens is 333 g/mol. The van der Waals surface area contributed by atoms with Gasteiger partial charge in [0.25, 0.3) is 0 Å². The molecule has 1 saturated heterocycles. The van der Waals surface area contributed by atoms with Crippen molar-refractivity contribution in [1.82, 2.24) is 10.6 Å². The summed E-state index contributed by atoms with van der Waals surface area (Å²) in [5.41, 5.74) is 1.67. The number of halogens is 3. The number of amides is 1. The minimum Gasteiger partial charge on any atom is -0.493 e. The average molecular weight is 358 g/mol. The Morgan fingerprint density at radius 2 is 2.04 bits per heavy atom. The Morgan fingerprint density at radius 3 is 2.68 bits per heavy atom. The van der Waals surface area contributed by atoms with E-state index in [9.17, 15) is 18.0 Å². The van der Waals surface area contributed by atoms with Crippen LogP contribution in [0.4, 0.5) is 13.2 Å². The van der Waals surface area contributed by atoms with Crippen molar-refractivity contribution >= 4 is 5.91 Å². The molecule has 1 aliphatic rings. The third-order valence-electron chi connectivity index (χ3n) is 4.32. The van der Waals surface area contributed by atoms with Crippen molar-refractivity contribution < 1.29 is 22.7 Å². The standard InChI is InChI=1S/C18H25F3N2O2/c1-2-3-10-25-16-5-4-13(12-23-17(24)18(19,20)21)11-15(16)14-6-8-22-9-7-14/h4-5,11,14,22H,2-3,6-10,12H2,1H3,(H,23,24). The number of ether oxygens (including phenoxy) is 1. The van der Waals surface area contributed by atoms with Crippen molar-refractivity contribution in [2.45, 2.75) is 51.2 Å². The molecule has 1 aliphatic heterocycles. The molecule has 2 rings (SSSR count). The second-order valence-corrected chi connectivity index (χ2v) is 6.28. The summed E-state index contributed by atoms with van der Waals surface area (Å²) in [7, 11) is 0. The molecule has 140 valence electrons. The van der Waals surface area contributed by atoms with Gasteiger partial charge in [0.1, 0.15) is 5.75 Å². The summed E-state index contributed by atoms with van der Waals surface area (Å²) >= 11 is 0. The highest BCUT2D eigenvalue weighted by Gasteiger charge is 2.38. The van der Waals surface area contributed by atoms with Crippen molar-refractivity contribution in [3.63, 3.8) is 0 Å². The van der Waals surface area contributed by atoms with E-state index in [1.54, 1.807) is 6.07 Å². The second-order valence-electron chi connectivity index (χ2n) is 6.28. The Hall–Kier alpha value is -1.76. The fourth-order valence-corrected chi connectivity index (χ4v) is 2.90. The van der Waals surface area contributed by atoms with Crippen molar-refractivity contribution in [2.24, 2.45) is 0 Å². The van der Waals surface area contributed by atoms with Crippen LogP contribution in [0.5, 0.6) is 5.75 Å². The number of hydrogen-bond acceptors (Lipinski definition) is 3. The van der Waals surface area contributed by atoms with E-state index in [-0.39, 0.29) is 6.54 Å².